The first-order valence-corrected chi connectivity index (χ1v) is 4.45. The van der Waals surface area contributed by atoms with Gasteiger partial charge in [0.1, 0.15) is 11.6 Å². The minimum atomic E-state index is 0.633. The minimum absolute atomic E-state index is 0.633. The van der Waals surface area contributed by atoms with Crippen molar-refractivity contribution in [3.63, 3.8) is 0 Å². The molecule has 1 heterocycles. The Morgan fingerprint density at radius 2 is 2.29 bits per heavy atom. The molecule has 1 aliphatic heterocycles. The number of nitrogens with zero attached hydrogens (tertiary/aromatic N) is 1. The Labute approximate surface area is 82.9 Å². The van der Waals surface area contributed by atoms with Gasteiger partial charge in [0.25, 0.3) is 0 Å². The van der Waals surface area contributed by atoms with Crippen molar-refractivity contribution in [2.45, 2.75) is 6.42 Å². The van der Waals surface area contributed by atoms with E-state index >= 15 is 0 Å². The molecule has 0 aromatic heterocycles. The number of aliphatic imine (C=N–C) groups is 1. The molecule has 0 saturated carbocycles. The summed E-state index contributed by atoms with van der Waals surface area (Å²) in [4.78, 5) is 4.07. The highest BCUT2D eigenvalue weighted by molar-refractivity contribution is 5.86. The largest absolute Gasteiger partial charge is 0.497 e. The summed E-state index contributed by atoms with van der Waals surface area (Å²) in [7, 11) is 1.66. The molecule has 3 nitrogen and oxygen atoms in total. The summed E-state index contributed by atoms with van der Waals surface area (Å²) in [5, 5.41) is 0. The van der Waals surface area contributed by atoms with E-state index in [1.54, 1.807) is 13.3 Å². The average Bonchev–Trinajstić information content (AvgIpc) is 2.37. The van der Waals surface area contributed by atoms with Gasteiger partial charge in [-0.1, -0.05) is 6.07 Å². The Balaban J connectivity index is 2.45. The van der Waals surface area contributed by atoms with E-state index in [-0.39, 0.29) is 0 Å². The summed E-state index contributed by atoms with van der Waals surface area (Å²) in [6.45, 7) is 0. The number of rotatable bonds is 1. The van der Waals surface area contributed by atoms with Crippen molar-refractivity contribution >= 4 is 11.9 Å². The first-order valence-electron chi connectivity index (χ1n) is 4.45. The zero-order chi connectivity index (χ0) is 9.97. The van der Waals surface area contributed by atoms with Gasteiger partial charge < -0.3 is 10.5 Å². The average molecular weight is 188 g/mol. The molecule has 14 heavy (non-hydrogen) atoms. The lowest BCUT2D eigenvalue weighted by atomic mass is 10.0. The van der Waals surface area contributed by atoms with Gasteiger partial charge in [-0.25, -0.2) is 4.99 Å². The van der Waals surface area contributed by atoms with Crippen molar-refractivity contribution in [2.75, 3.05) is 7.11 Å². The van der Waals surface area contributed by atoms with Gasteiger partial charge in [0.2, 0.25) is 0 Å². The number of methoxy groups -OCH3 is 1. The number of hydrogen-bond donors (Lipinski definition) is 1. The number of amidine groups is 1. The molecule has 1 aromatic rings. The van der Waals surface area contributed by atoms with Crippen LogP contribution < -0.4 is 10.5 Å². The van der Waals surface area contributed by atoms with Gasteiger partial charge in [0, 0.05) is 12.6 Å². The van der Waals surface area contributed by atoms with Gasteiger partial charge in [-0.2, -0.15) is 0 Å². The molecule has 0 fully saturated rings. The monoisotopic (exact) mass is 188 g/mol. The fourth-order valence-electron chi connectivity index (χ4n) is 1.48. The third-order valence-electron chi connectivity index (χ3n) is 2.22. The first-order chi connectivity index (χ1) is 6.79. The van der Waals surface area contributed by atoms with Crippen molar-refractivity contribution < 1.29 is 4.74 Å². The highest BCUT2D eigenvalue weighted by atomic mass is 16.5. The Kier molecular flexibility index (Phi) is 2.23. The molecule has 1 aromatic carbocycles. The van der Waals surface area contributed by atoms with Crippen LogP contribution in [0.1, 0.15) is 11.1 Å². The fraction of sp³-hybridized carbons (Fsp3) is 0.182. The molecule has 72 valence electrons. The van der Waals surface area contributed by atoms with E-state index < -0.39 is 0 Å². The van der Waals surface area contributed by atoms with E-state index in [1.165, 1.54) is 0 Å². The third kappa shape index (κ3) is 1.62. The molecule has 0 amide bonds. The molecule has 3 heteroatoms. The van der Waals surface area contributed by atoms with Crippen LogP contribution in [-0.2, 0) is 6.42 Å². The minimum Gasteiger partial charge on any atom is -0.497 e. The summed E-state index contributed by atoms with van der Waals surface area (Å²) in [6.07, 6.45) is 4.36. The lowest BCUT2D eigenvalue weighted by Gasteiger charge is -2.06. The normalized spacial score (nSPS) is 14.2. The van der Waals surface area contributed by atoms with Crippen LogP contribution in [0.2, 0.25) is 0 Å². The van der Waals surface area contributed by atoms with Gasteiger partial charge in [-0.15, -0.1) is 0 Å². The number of fused-ring (bicyclic) bond motifs is 1. The van der Waals surface area contributed by atoms with E-state index in [2.05, 4.69) is 4.99 Å². The molecule has 0 bridgehead atoms. The lowest BCUT2D eigenvalue weighted by molar-refractivity contribution is 0.414. The first kappa shape index (κ1) is 8.81. The van der Waals surface area contributed by atoms with Gasteiger partial charge in [-0.3, -0.25) is 0 Å². The standard InChI is InChI=1S/C11H12N2O/c1-14-10-3-2-8-4-5-13-11(12)7-9(8)6-10/h2-6H,7H2,1H3,(H2,12,13). The van der Waals surface area contributed by atoms with E-state index in [0.717, 1.165) is 16.9 Å². The van der Waals surface area contributed by atoms with Crippen LogP contribution in [0.4, 0.5) is 0 Å². The molecule has 0 unspecified atom stereocenters. The van der Waals surface area contributed by atoms with Crippen LogP contribution in [-0.4, -0.2) is 12.9 Å². The van der Waals surface area contributed by atoms with Crippen LogP contribution in [0, 0.1) is 0 Å². The second-order valence-corrected chi connectivity index (χ2v) is 3.18. The zero-order valence-electron chi connectivity index (χ0n) is 8.03. The maximum absolute atomic E-state index is 5.70. The van der Waals surface area contributed by atoms with Crippen molar-refractivity contribution in [3.8, 4) is 5.75 Å². The number of nitrogens with two attached hydrogens (primary N) is 1. The van der Waals surface area contributed by atoms with Gasteiger partial charge in [0.15, 0.2) is 0 Å². The third-order valence-corrected chi connectivity index (χ3v) is 2.22. The van der Waals surface area contributed by atoms with Crippen molar-refractivity contribution in [1.29, 1.82) is 0 Å². The van der Waals surface area contributed by atoms with Crippen LogP contribution in [0.15, 0.2) is 29.4 Å². The van der Waals surface area contributed by atoms with Crippen LogP contribution in [0.3, 0.4) is 0 Å². The van der Waals surface area contributed by atoms with Crippen molar-refractivity contribution in [2.24, 2.45) is 10.7 Å². The molecule has 0 saturated heterocycles. The number of ether oxygens (including phenoxy) is 1. The predicted molar refractivity (Wildman–Crippen MR) is 57.4 cm³/mol. The van der Waals surface area contributed by atoms with E-state index in [9.17, 15) is 0 Å². The van der Waals surface area contributed by atoms with E-state index in [4.69, 9.17) is 10.5 Å². The molecule has 0 aliphatic carbocycles. The number of hydrogen-bond acceptors (Lipinski definition) is 3. The van der Waals surface area contributed by atoms with Gasteiger partial charge >= 0.3 is 0 Å². The lowest BCUT2D eigenvalue weighted by Crippen LogP contribution is -2.14. The Morgan fingerprint density at radius 1 is 1.43 bits per heavy atom. The summed E-state index contributed by atoms with van der Waals surface area (Å²) >= 11 is 0. The SMILES string of the molecule is COc1ccc2c(c1)CC(N)=NC=C2. The molecular weight excluding hydrogens is 176 g/mol. The van der Waals surface area contributed by atoms with Crippen LogP contribution in [0.5, 0.6) is 5.75 Å². The smallest absolute Gasteiger partial charge is 0.119 e. The predicted octanol–water partition coefficient (Wildman–Crippen LogP) is 1.58. The quantitative estimate of drug-likeness (QED) is 0.727. The maximum atomic E-state index is 5.70. The zero-order valence-corrected chi connectivity index (χ0v) is 8.03. The van der Waals surface area contributed by atoms with E-state index in [0.29, 0.717) is 12.3 Å². The molecule has 0 atom stereocenters. The van der Waals surface area contributed by atoms with Gasteiger partial charge in [-0.05, 0) is 29.3 Å². The second-order valence-electron chi connectivity index (χ2n) is 3.18. The summed E-state index contributed by atoms with van der Waals surface area (Å²) in [5.74, 6) is 1.49. The highest BCUT2D eigenvalue weighted by Crippen LogP contribution is 2.20. The maximum Gasteiger partial charge on any atom is 0.119 e. The topological polar surface area (TPSA) is 47.6 Å². The second kappa shape index (κ2) is 3.54. The summed E-state index contributed by atoms with van der Waals surface area (Å²) in [5.41, 5.74) is 8.00. The van der Waals surface area contributed by atoms with Crippen molar-refractivity contribution in [1.82, 2.24) is 0 Å². The highest BCUT2D eigenvalue weighted by Gasteiger charge is 2.06. The summed E-state index contributed by atoms with van der Waals surface area (Å²) < 4.78 is 5.15. The van der Waals surface area contributed by atoms with Crippen LogP contribution >= 0.6 is 0 Å². The fourth-order valence-corrected chi connectivity index (χ4v) is 1.48. The van der Waals surface area contributed by atoms with E-state index in [1.807, 2.05) is 24.3 Å². The molecule has 0 spiro atoms. The molecule has 2 N–H and O–H groups in total. The summed E-state index contributed by atoms with van der Waals surface area (Å²) in [6, 6.07) is 5.94. The molecule has 2 rings (SSSR count). The van der Waals surface area contributed by atoms with Crippen molar-refractivity contribution in [3.05, 3.63) is 35.5 Å². The molecule has 0 radical (unpaired) electrons. The molecule has 1 aliphatic rings. The van der Waals surface area contributed by atoms with Crippen LogP contribution in [0.25, 0.3) is 6.08 Å². The number of benzene rings is 1. The Bertz CT molecular complexity index is 408. The Morgan fingerprint density at radius 3 is 3.07 bits per heavy atom. The Hall–Kier alpha value is -1.77. The van der Waals surface area contributed by atoms with Gasteiger partial charge in [0.05, 0.1) is 7.11 Å². The molecular formula is C11H12N2O.